The van der Waals surface area contributed by atoms with Crippen molar-refractivity contribution in [1.82, 2.24) is 5.32 Å². The van der Waals surface area contributed by atoms with Gasteiger partial charge in [0.25, 0.3) is 0 Å². The molecule has 0 spiro atoms. The Labute approximate surface area is 105 Å². The van der Waals surface area contributed by atoms with Crippen molar-refractivity contribution < 1.29 is 4.79 Å². The second-order valence-electron chi connectivity index (χ2n) is 4.27. The lowest BCUT2D eigenvalue weighted by atomic mass is 9.81. The van der Waals surface area contributed by atoms with E-state index in [9.17, 15) is 4.79 Å². The van der Waals surface area contributed by atoms with Gasteiger partial charge in [-0.2, -0.15) is 0 Å². The fraction of sp³-hybridized carbons (Fsp3) is 0.462. The molecule has 0 bridgehead atoms. The molecular formula is C13H16BrNO. The molecule has 0 saturated carbocycles. The molecule has 2 rings (SSSR count). The molecule has 0 radical (unpaired) electrons. The smallest absolute Gasteiger partial charge is 0.127 e. The molecule has 86 valence electrons. The predicted octanol–water partition coefficient (Wildman–Crippen LogP) is 2.73. The highest BCUT2D eigenvalue weighted by molar-refractivity contribution is 9.10. The zero-order valence-electron chi connectivity index (χ0n) is 9.16. The third-order valence-electron chi connectivity index (χ3n) is 3.30. The van der Waals surface area contributed by atoms with E-state index in [0.29, 0.717) is 5.92 Å². The molecule has 0 amide bonds. The van der Waals surface area contributed by atoms with E-state index in [-0.39, 0.29) is 5.92 Å². The Morgan fingerprint density at radius 1 is 1.31 bits per heavy atom. The van der Waals surface area contributed by atoms with Crippen molar-refractivity contribution in [2.75, 3.05) is 13.1 Å². The van der Waals surface area contributed by atoms with E-state index in [4.69, 9.17) is 0 Å². The number of halogens is 1. The van der Waals surface area contributed by atoms with Crippen molar-refractivity contribution in [3.05, 3.63) is 34.3 Å². The topological polar surface area (TPSA) is 29.1 Å². The first-order valence-corrected chi connectivity index (χ1v) is 6.52. The maximum absolute atomic E-state index is 11.3. The average Bonchev–Trinajstić information content (AvgIpc) is 2.34. The lowest BCUT2D eigenvalue weighted by Crippen LogP contribution is -2.31. The summed E-state index contributed by atoms with van der Waals surface area (Å²) < 4.78 is 1.05. The Kier molecular flexibility index (Phi) is 4.13. The molecular weight excluding hydrogens is 266 g/mol. The molecule has 16 heavy (non-hydrogen) atoms. The van der Waals surface area contributed by atoms with E-state index >= 15 is 0 Å². The number of hydrogen-bond acceptors (Lipinski definition) is 2. The van der Waals surface area contributed by atoms with E-state index in [1.165, 1.54) is 0 Å². The van der Waals surface area contributed by atoms with E-state index < -0.39 is 0 Å². The molecule has 0 aliphatic carbocycles. The summed E-state index contributed by atoms with van der Waals surface area (Å²) in [5, 5.41) is 3.33. The summed E-state index contributed by atoms with van der Waals surface area (Å²) in [5.41, 5.74) is 1.13. The van der Waals surface area contributed by atoms with Crippen LogP contribution < -0.4 is 5.32 Å². The summed E-state index contributed by atoms with van der Waals surface area (Å²) in [5.74, 6) is 0.523. The number of carbonyl (C=O) groups is 1. The zero-order chi connectivity index (χ0) is 11.4. The van der Waals surface area contributed by atoms with Crippen LogP contribution in [0.4, 0.5) is 0 Å². The molecule has 3 heteroatoms. The van der Waals surface area contributed by atoms with E-state index in [2.05, 4.69) is 21.2 Å². The average molecular weight is 282 g/mol. The lowest BCUT2D eigenvalue weighted by Gasteiger charge is -2.28. The van der Waals surface area contributed by atoms with Crippen molar-refractivity contribution in [2.24, 2.45) is 5.92 Å². The zero-order valence-corrected chi connectivity index (χ0v) is 10.7. The largest absolute Gasteiger partial charge is 0.317 e. The minimum absolute atomic E-state index is 0.0395. The van der Waals surface area contributed by atoms with Crippen molar-refractivity contribution in [3.8, 4) is 0 Å². The van der Waals surface area contributed by atoms with Crippen molar-refractivity contribution in [2.45, 2.75) is 18.8 Å². The Morgan fingerprint density at radius 2 is 2.00 bits per heavy atom. The number of rotatable bonds is 3. The molecule has 1 fully saturated rings. The molecule has 0 aromatic heterocycles. The van der Waals surface area contributed by atoms with Gasteiger partial charge in [-0.25, -0.2) is 0 Å². The molecule has 1 heterocycles. The van der Waals surface area contributed by atoms with Gasteiger partial charge in [0.15, 0.2) is 0 Å². The number of aldehydes is 1. The van der Waals surface area contributed by atoms with Crippen LogP contribution in [-0.2, 0) is 4.79 Å². The number of nitrogens with one attached hydrogen (secondary N) is 1. The van der Waals surface area contributed by atoms with Gasteiger partial charge in [-0.05, 0) is 43.5 Å². The molecule has 2 nitrogen and oxygen atoms in total. The summed E-state index contributed by atoms with van der Waals surface area (Å²) in [6, 6.07) is 8.04. The number of carbonyl (C=O) groups excluding carboxylic acids is 1. The standard InChI is InChI=1S/C13H16BrNO/c14-13-4-2-1-3-11(13)12(9-16)10-5-7-15-8-6-10/h1-4,9-10,12,15H,5-8H2. The summed E-state index contributed by atoms with van der Waals surface area (Å²) in [6.45, 7) is 2.05. The Bertz CT molecular complexity index is 361. The first-order chi connectivity index (χ1) is 7.83. The molecule has 1 N–H and O–H groups in total. The summed E-state index contributed by atoms with van der Waals surface area (Å²) in [4.78, 5) is 11.3. The summed E-state index contributed by atoms with van der Waals surface area (Å²) in [6.07, 6.45) is 3.28. The number of piperidine rings is 1. The van der Waals surface area contributed by atoms with Gasteiger partial charge in [-0.3, -0.25) is 0 Å². The summed E-state index contributed by atoms with van der Waals surface area (Å²) >= 11 is 3.53. The van der Waals surface area contributed by atoms with Crippen molar-refractivity contribution in [1.29, 1.82) is 0 Å². The van der Waals surface area contributed by atoms with Crippen LogP contribution in [0.25, 0.3) is 0 Å². The Hall–Kier alpha value is -0.670. The normalized spacial score (nSPS) is 19.3. The van der Waals surface area contributed by atoms with Crippen LogP contribution in [0.2, 0.25) is 0 Å². The third-order valence-corrected chi connectivity index (χ3v) is 4.02. The Balaban J connectivity index is 2.21. The third kappa shape index (κ3) is 2.53. The van der Waals surface area contributed by atoms with Crippen LogP contribution in [0.3, 0.4) is 0 Å². The molecule has 1 saturated heterocycles. The predicted molar refractivity (Wildman–Crippen MR) is 68.5 cm³/mol. The fourth-order valence-corrected chi connectivity index (χ4v) is 2.94. The maximum Gasteiger partial charge on any atom is 0.127 e. The van der Waals surface area contributed by atoms with Crippen LogP contribution in [0.15, 0.2) is 28.7 Å². The van der Waals surface area contributed by atoms with Crippen LogP contribution >= 0.6 is 15.9 Å². The van der Waals surface area contributed by atoms with Gasteiger partial charge < -0.3 is 10.1 Å². The highest BCUT2D eigenvalue weighted by atomic mass is 79.9. The maximum atomic E-state index is 11.3. The van der Waals surface area contributed by atoms with Gasteiger partial charge in [0.2, 0.25) is 0 Å². The molecule has 1 atom stereocenters. The first-order valence-electron chi connectivity index (χ1n) is 5.73. The van der Waals surface area contributed by atoms with Crippen LogP contribution in [0.5, 0.6) is 0 Å². The summed E-state index contributed by atoms with van der Waals surface area (Å²) in [7, 11) is 0. The molecule has 1 aromatic rings. The van der Waals surface area contributed by atoms with Gasteiger partial charge in [0.05, 0.1) is 0 Å². The monoisotopic (exact) mass is 281 g/mol. The number of hydrogen-bond donors (Lipinski definition) is 1. The van der Waals surface area contributed by atoms with Crippen molar-refractivity contribution >= 4 is 22.2 Å². The highest BCUT2D eigenvalue weighted by Crippen LogP contribution is 2.33. The van der Waals surface area contributed by atoms with E-state index in [1.807, 2.05) is 24.3 Å². The van der Waals surface area contributed by atoms with Crippen LogP contribution in [0.1, 0.15) is 24.3 Å². The van der Waals surface area contributed by atoms with E-state index in [0.717, 1.165) is 42.3 Å². The highest BCUT2D eigenvalue weighted by Gasteiger charge is 2.25. The van der Waals surface area contributed by atoms with Gasteiger partial charge >= 0.3 is 0 Å². The second-order valence-corrected chi connectivity index (χ2v) is 5.13. The minimum atomic E-state index is 0.0395. The van der Waals surface area contributed by atoms with Crippen LogP contribution in [0, 0.1) is 5.92 Å². The Morgan fingerprint density at radius 3 is 2.62 bits per heavy atom. The second kappa shape index (κ2) is 5.60. The molecule has 1 aromatic carbocycles. The van der Waals surface area contributed by atoms with Gasteiger partial charge in [-0.15, -0.1) is 0 Å². The fourth-order valence-electron chi connectivity index (χ4n) is 2.39. The van der Waals surface area contributed by atoms with Gasteiger partial charge in [0, 0.05) is 10.4 Å². The number of benzene rings is 1. The van der Waals surface area contributed by atoms with E-state index in [1.54, 1.807) is 0 Å². The lowest BCUT2D eigenvalue weighted by molar-refractivity contribution is -0.110. The molecule has 1 aliphatic rings. The van der Waals surface area contributed by atoms with Crippen molar-refractivity contribution in [3.63, 3.8) is 0 Å². The quantitative estimate of drug-likeness (QED) is 0.864. The molecule has 1 aliphatic heterocycles. The molecule has 1 unspecified atom stereocenters. The minimum Gasteiger partial charge on any atom is -0.317 e. The first kappa shape index (κ1) is 11.8. The van der Waals surface area contributed by atoms with Gasteiger partial charge in [-0.1, -0.05) is 34.1 Å². The van der Waals surface area contributed by atoms with Gasteiger partial charge in [0.1, 0.15) is 6.29 Å². The van der Waals surface area contributed by atoms with Crippen LogP contribution in [-0.4, -0.2) is 19.4 Å². The SMILES string of the molecule is O=CC(c1ccccc1Br)C1CCNCC1.